The smallest absolute Gasteiger partial charge is 0.288 e. The Hall–Kier alpha value is -3.90. The van der Waals surface area contributed by atoms with Crippen LogP contribution in [0.25, 0.3) is 0 Å². The van der Waals surface area contributed by atoms with Gasteiger partial charge < -0.3 is 9.47 Å². The number of rotatable bonds is 8. The van der Waals surface area contributed by atoms with Gasteiger partial charge in [0.15, 0.2) is 0 Å². The highest BCUT2D eigenvalue weighted by atomic mass is 35.5. The van der Waals surface area contributed by atoms with Crippen LogP contribution in [0.4, 0.5) is 5.69 Å². The molecule has 0 aliphatic heterocycles. The van der Waals surface area contributed by atoms with Gasteiger partial charge in [0.25, 0.3) is 11.6 Å². The Bertz CT molecular complexity index is 1260. The lowest BCUT2D eigenvalue weighted by Gasteiger charge is -2.24. The van der Waals surface area contributed by atoms with E-state index in [0.29, 0.717) is 19.6 Å². The summed E-state index contributed by atoms with van der Waals surface area (Å²) >= 11 is 5.95. The first kappa shape index (κ1) is 22.3. The third-order valence-corrected chi connectivity index (χ3v) is 5.69. The van der Waals surface area contributed by atoms with Crippen molar-refractivity contribution < 1.29 is 9.72 Å². The lowest BCUT2D eigenvalue weighted by atomic mass is 10.1. The second-order valence-corrected chi connectivity index (χ2v) is 8.09. The Balaban J connectivity index is 1.64. The summed E-state index contributed by atoms with van der Waals surface area (Å²) in [5.74, 6) is -0.300. The molecule has 0 saturated carbocycles. The van der Waals surface area contributed by atoms with E-state index in [1.165, 1.54) is 18.2 Å². The first-order valence-corrected chi connectivity index (χ1v) is 10.8. The third-order valence-electron chi connectivity index (χ3n) is 5.37. The van der Waals surface area contributed by atoms with Crippen LogP contribution in [0.3, 0.4) is 0 Å². The van der Waals surface area contributed by atoms with E-state index in [1.807, 2.05) is 66.9 Å². The number of hydrogen-bond donors (Lipinski definition) is 0. The highest BCUT2D eigenvalue weighted by Gasteiger charge is 2.22. The van der Waals surface area contributed by atoms with E-state index in [2.05, 4.69) is 16.7 Å². The molecule has 0 aliphatic carbocycles. The van der Waals surface area contributed by atoms with Crippen LogP contribution in [0.15, 0.2) is 97.2 Å². The second kappa shape index (κ2) is 10.1. The van der Waals surface area contributed by atoms with Crippen LogP contribution in [0, 0.1) is 10.1 Å². The molecule has 0 bridgehead atoms. The first-order chi connectivity index (χ1) is 16.0. The molecule has 33 heavy (non-hydrogen) atoms. The van der Waals surface area contributed by atoms with Gasteiger partial charge in [0.1, 0.15) is 5.02 Å². The number of nitro benzene ring substituents is 1. The molecular weight excluding hydrogens is 438 g/mol. The molecule has 0 spiro atoms. The van der Waals surface area contributed by atoms with E-state index in [-0.39, 0.29) is 22.2 Å². The second-order valence-electron chi connectivity index (χ2n) is 7.68. The van der Waals surface area contributed by atoms with E-state index in [1.54, 1.807) is 4.90 Å². The normalized spacial score (nSPS) is 10.7. The Labute approximate surface area is 196 Å². The molecule has 0 atom stereocenters. The average molecular weight is 460 g/mol. The highest BCUT2D eigenvalue weighted by molar-refractivity contribution is 6.32. The summed E-state index contributed by atoms with van der Waals surface area (Å²) in [4.78, 5) is 25.9. The Morgan fingerprint density at radius 1 is 0.879 bits per heavy atom. The fourth-order valence-corrected chi connectivity index (χ4v) is 3.88. The minimum absolute atomic E-state index is 0.00268. The van der Waals surface area contributed by atoms with Crippen molar-refractivity contribution in [3.05, 3.63) is 135 Å². The van der Waals surface area contributed by atoms with Gasteiger partial charge in [0, 0.05) is 36.6 Å². The largest absolute Gasteiger partial charge is 0.345 e. The summed E-state index contributed by atoms with van der Waals surface area (Å²) in [6.07, 6.45) is 1.99. The number of carbonyl (C=O) groups is 1. The third kappa shape index (κ3) is 5.48. The molecule has 1 aromatic heterocycles. The molecule has 0 unspecified atom stereocenters. The molecule has 4 aromatic rings. The maximum atomic E-state index is 13.5. The number of nitro groups is 1. The predicted octanol–water partition coefficient (Wildman–Crippen LogP) is 5.94. The van der Waals surface area contributed by atoms with Gasteiger partial charge in [-0.3, -0.25) is 14.9 Å². The molecule has 4 rings (SSSR count). The summed E-state index contributed by atoms with van der Waals surface area (Å²) in [6.45, 7) is 1.40. The van der Waals surface area contributed by atoms with Crippen LogP contribution in [0.5, 0.6) is 0 Å². The minimum atomic E-state index is -0.578. The topological polar surface area (TPSA) is 68.4 Å². The van der Waals surface area contributed by atoms with Crippen molar-refractivity contribution in [2.75, 3.05) is 0 Å². The van der Waals surface area contributed by atoms with E-state index < -0.39 is 4.92 Å². The van der Waals surface area contributed by atoms with Gasteiger partial charge >= 0.3 is 0 Å². The Kier molecular flexibility index (Phi) is 6.86. The number of amides is 1. The minimum Gasteiger partial charge on any atom is -0.345 e. The van der Waals surface area contributed by atoms with Gasteiger partial charge in [0.05, 0.1) is 11.5 Å². The van der Waals surface area contributed by atoms with Gasteiger partial charge in [-0.25, -0.2) is 0 Å². The number of halogens is 1. The van der Waals surface area contributed by atoms with Crippen LogP contribution in [0.2, 0.25) is 5.02 Å². The maximum absolute atomic E-state index is 13.5. The zero-order chi connectivity index (χ0) is 23.2. The predicted molar refractivity (Wildman–Crippen MR) is 128 cm³/mol. The Morgan fingerprint density at radius 3 is 2.21 bits per heavy atom. The van der Waals surface area contributed by atoms with Crippen molar-refractivity contribution in [2.45, 2.75) is 19.6 Å². The fraction of sp³-hybridized carbons (Fsp3) is 0.115. The molecule has 166 valence electrons. The molecule has 6 nitrogen and oxygen atoms in total. The van der Waals surface area contributed by atoms with Crippen molar-refractivity contribution in [2.24, 2.45) is 0 Å². The lowest BCUT2D eigenvalue weighted by molar-refractivity contribution is -0.384. The van der Waals surface area contributed by atoms with Gasteiger partial charge in [-0.2, -0.15) is 0 Å². The number of aromatic nitrogens is 1. The molecule has 1 heterocycles. The van der Waals surface area contributed by atoms with Crippen molar-refractivity contribution >= 4 is 23.2 Å². The summed E-state index contributed by atoms with van der Waals surface area (Å²) in [5.41, 5.74) is 3.03. The summed E-state index contributed by atoms with van der Waals surface area (Å²) in [6, 6.07) is 27.9. The first-order valence-electron chi connectivity index (χ1n) is 10.5. The van der Waals surface area contributed by atoms with Gasteiger partial charge in [-0.05, 0) is 35.4 Å². The van der Waals surface area contributed by atoms with E-state index in [4.69, 9.17) is 11.6 Å². The lowest BCUT2D eigenvalue weighted by Crippen LogP contribution is -2.31. The number of carbonyl (C=O) groups excluding carboxylic acids is 1. The van der Waals surface area contributed by atoms with Gasteiger partial charge in [-0.1, -0.05) is 72.3 Å². The number of nitrogens with zero attached hydrogens (tertiary/aromatic N) is 3. The van der Waals surface area contributed by atoms with E-state index in [0.717, 1.165) is 16.8 Å². The van der Waals surface area contributed by atoms with Gasteiger partial charge in [0.2, 0.25) is 0 Å². The SMILES string of the molecule is O=C(c1ccc(Cl)c([N+](=O)[O-])c1)N(Cc1ccccc1)Cc1cccn1Cc1ccccc1. The average Bonchev–Trinajstić information content (AvgIpc) is 3.26. The van der Waals surface area contributed by atoms with E-state index >= 15 is 0 Å². The fourth-order valence-electron chi connectivity index (χ4n) is 3.69. The quantitative estimate of drug-likeness (QED) is 0.242. The van der Waals surface area contributed by atoms with Crippen LogP contribution in [0.1, 0.15) is 27.2 Å². The molecular formula is C26H22ClN3O3. The standard InChI is InChI=1S/C26H22ClN3O3/c27-24-14-13-22(16-25(24)30(32)33)26(31)29(18-21-10-5-2-6-11-21)19-23-12-7-15-28(23)17-20-8-3-1-4-9-20/h1-16H,17-19H2. The Morgan fingerprint density at radius 2 is 1.55 bits per heavy atom. The summed E-state index contributed by atoms with van der Waals surface area (Å²) in [7, 11) is 0. The number of benzene rings is 3. The number of hydrogen-bond acceptors (Lipinski definition) is 3. The monoisotopic (exact) mass is 459 g/mol. The molecule has 0 saturated heterocycles. The zero-order valence-electron chi connectivity index (χ0n) is 17.8. The summed E-state index contributed by atoms with van der Waals surface area (Å²) < 4.78 is 2.10. The molecule has 7 heteroatoms. The summed E-state index contributed by atoms with van der Waals surface area (Å²) in [5, 5.41) is 11.3. The molecule has 3 aromatic carbocycles. The van der Waals surface area contributed by atoms with Gasteiger partial charge in [-0.15, -0.1) is 0 Å². The van der Waals surface area contributed by atoms with Crippen molar-refractivity contribution in [3.63, 3.8) is 0 Å². The van der Waals surface area contributed by atoms with E-state index in [9.17, 15) is 14.9 Å². The van der Waals surface area contributed by atoms with Crippen LogP contribution >= 0.6 is 11.6 Å². The van der Waals surface area contributed by atoms with Crippen molar-refractivity contribution in [3.8, 4) is 0 Å². The van der Waals surface area contributed by atoms with Crippen LogP contribution in [-0.4, -0.2) is 20.3 Å². The molecule has 1 amide bonds. The zero-order valence-corrected chi connectivity index (χ0v) is 18.6. The van der Waals surface area contributed by atoms with Crippen molar-refractivity contribution in [1.29, 1.82) is 0 Å². The van der Waals surface area contributed by atoms with Crippen LogP contribution in [-0.2, 0) is 19.6 Å². The van der Waals surface area contributed by atoms with Crippen LogP contribution < -0.4 is 0 Å². The molecule has 0 radical (unpaired) electrons. The maximum Gasteiger partial charge on any atom is 0.288 e. The molecule has 0 N–H and O–H groups in total. The molecule has 0 fully saturated rings. The highest BCUT2D eigenvalue weighted by Crippen LogP contribution is 2.26. The van der Waals surface area contributed by atoms with Crippen molar-refractivity contribution in [1.82, 2.24) is 9.47 Å². The molecule has 0 aliphatic rings.